The summed E-state index contributed by atoms with van der Waals surface area (Å²) in [5, 5.41) is 0. The van der Waals surface area contributed by atoms with Crippen LogP contribution in [0.15, 0.2) is 4.99 Å². The summed E-state index contributed by atoms with van der Waals surface area (Å²) in [6.45, 7) is 14.4. The second-order valence-corrected chi connectivity index (χ2v) is 8.98. The average molecular weight is 511 g/mol. The summed E-state index contributed by atoms with van der Waals surface area (Å²) in [6.07, 6.45) is -0.622. The van der Waals surface area contributed by atoms with Crippen molar-refractivity contribution in [2.75, 3.05) is 39.3 Å². The van der Waals surface area contributed by atoms with Crippen LogP contribution in [0.5, 0.6) is 0 Å². The van der Waals surface area contributed by atoms with Crippen LogP contribution in [0.4, 0.5) is 9.59 Å². The van der Waals surface area contributed by atoms with Gasteiger partial charge in [0.2, 0.25) is 0 Å². The van der Waals surface area contributed by atoms with Crippen LogP contribution in [0.3, 0.4) is 0 Å². The van der Waals surface area contributed by atoms with Crippen LogP contribution in [-0.4, -0.2) is 89.4 Å². The van der Waals surface area contributed by atoms with Crippen molar-refractivity contribution in [2.45, 2.75) is 58.8 Å². The van der Waals surface area contributed by atoms with E-state index in [9.17, 15) is 9.59 Å². The van der Waals surface area contributed by atoms with E-state index < -0.39 is 11.2 Å². The number of rotatable bonds is 1. The first-order valence-electron chi connectivity index (χ1n) is 9.38. The molecular formula is C18H34IN5O4. The van der Waals surface area contributed by atoms with Gasteiger partial charge in [-0.15, -0.1) is 24.0 Å². The highest BCUT2D eigenvalue weighted by atomic mass is 127. The quantitative estimate of drug-likeness (QED) is 0.329. The van der Waals surface area contributed by atoms with E-state index in [1.807, 2.05) is 46.4 Å². The lowest BCUT2D eigenvalue weighted by Gasteiger charge is -2.39. The molecule has 0 aromatic rings. The normalized spacial score (nSPS) is 18.9. The van der Waals surface area contributed by atoms with Gasteiger partial charge in [-0.2, -0.15) is 0 Å². The molecule has 0 bridgehead atoms. The van der Waals surface area contributed by atoms with Crippen molar-refractivity contribution in [2.24, 2.45) is 10.7 Å². The maximum absolute atomic E-state index is 12.1. The van der Waals surface area contributed by atoms with Crippen molar-refractivity contribution in [3.05, 3.63) is 0 Å². The van der Waals surface area contributed by atoms with Crippen molar-refractivity contribution in [3.8, 4) is 0 Å². The van der Waals surface area contributed by atoms with E-state index >= 15 is 0 Å². The molecule has 2 aliphatic heterocycles. The number of hydrogen-bond acceptors (Lipinski definition) is 5. The zero-order valence-electron chi connectivity index (χ0n) is 17.7. The van der Waals surface area contributed by atoms with Gasteiger partial charge in [-0.3, -0.25) is 0 Å². The van der Waals surface area contributed by atoms with Crippen LogP contribution < -0.4 is 5.73 Å². The monoisotopic (exact) mass is 511 g/mol. The maximum Gasteiger partial charge on any atom is 0.410 e. The summed E-state index contributed by atoms with van der Waals surface area (Å²) in [6, 6.07) is -0.0126. The Labute approximate surface area is 184 Å². The smallest absolute Gasteiger partial charge is 0.410 e. The molecule has 0 aliphatic carbocycles. The molecule has 0 radical (unpaired) electrons. The van der Waals surface area contributed by atoms with Gasteiger partial charge in [0.25, 0.3) is 0 Å². The predicted molar refractivity (Wildman–Crippen MR) is 118 cm³/mol. The van der Waals surface area contributed by atoms with E-state index in [0.717, 1.165) is 0 Å². The predicted octanol–water partition coefficient (Wildman–Crippen LogP) is 2.09. The van der Waals surface area contributed by atoms with E-state index in [0.29, 0.717) is 45.2 Å². The molecule has 0 aromatic heterocycles. The molecule has 162 valence electrons. The molecule has 28 heavy (non-hydrogen) atoms. The molecule has 2 heterocycles. The Morgan fingerprint density at radius 1 is 0.821 bits per heavy atom. The van der Waals surface area contributed by atoms with Crippen LogP contribution in [0.25, 0.3) is 0 Å². The summed E-state index contributed by atoms with van der Waals surface area (Å²) in [7, 11) is 0. The first-order chi connectivity index (χ1) is 12.3. The highest BCUT2D eigenvalue weighted by Gasteiger charge is 2.34. The molecule has 2 rings (SSSR count). The van der Waals surface area contributed by atoms with Gasteiger partial charge < -0.3 is 29.9 Å². The number of carbonyl (C=O) groups excluding carboxylic acids is 2. The molecule has 2 N–H and O–H groups in total. The molecule has 0 aromatic carbocycles. The first kappa shape index (κ1) is 24.6. The van der Waals surface area contributed by atoms with E-state index in [1.54, 1.807) is 9.80 Å². The minimum absolute atomic E-state index is 0. The number of nitrogens with zero attached hydrogens (tertiary/aromatic N) is 4. The molecule has 0 spiro atoms. The molecule has 10 heteroatoms. The topological polar surface area (TPSA) is 101 Å². The van der Waals surface area contributed by atoms with Crippen LogP contribution in [0, 0.1) is 0 Å². The Balaban J connectivity index is 0.00000392. The second kappa shape index (κ2) is 9.36. The van der Waals surface area contributed by atoms with Gasteiger partial charge in [0.15, 0.2) is 5.96 Å². The fourth-order valence-electron chi connectivity index (χ4n) is 2.73. The number of halogens is 1. The highest BCUT2D eigenvalue weighted by molar-refractivity contribution is 14.0. The standard InChI is InChI=1S/C18H33N5O4.HI/c1-17(2,3)26-15(24)22-9-7-21(8-10-22)14(19)20-13-11-23(12-13)16(25)27-18(4,5)6;/h13H,7-12H2,1-6H3,(H2,19,20);1H. The summed E-state index contributed by atoms with van der Waals surface area (Å²) in [4.78, 5) is 33.8. The molecule has 2 aliphatic rings. The molecular weight excluding hydrogens is 477 g/mol. The molecule has 0 unspecified atom stereocenters. The van der Waals surface area contributed by atoms with Gasteiger partial charge in [-0.1, -0.05) is 0 Å². The van der Waals surface area contributed by atoms with Crippen molar-refractivity contribution in [1.82, 2.24) is 14.7 Å². The number of carbonyl (C=O) groups is 2. The Morgan fingerprint density at radius 3 is 1.64 bits per heavy atom. The van der Waals surface area contributed by atoms with E-state index in [4.69, 9.17) is 15.2 Å². The van der Waals surface area contributed by atoms with Gasteiger partial charge in [-0.25, -0.2) is 14.6 Å². The molecule has 2 fully saturated rings. The lowest BCUT2D eigenvalue weighted by Crippen LogP contribution is -2.57. The van der Waals surface area contributed by atoms with Crippen molar-refractivity contribution in [1.29, 1.82) is 0 Å². The molecule has 0 atom stereocenters. The Kier molecular flexibility index (Phi) is 8.21. The number of ether oxygens (including phenoxy) is 2. The number of amides is 2. The van der Waals surface area contributed by atoms with Crippen LogP contribution in [0.2, 0.25) is 0 Å². The van der Waals surface area contributed by atoms with Crippen molar-refractivity contribution in [3.63, 3.8) is 0 Å². The summed E-state index contributed by atoms with van der Waals surface area (Å²) in [5.74, 6) is 0.452. The third-order valence-electron chi connectivity index (χ3n) is 4.08. The SMILES string of the molecule is CC(C)(C)OC(=O)N1CCN(C(N)=NC2CN(C(=O)OC(C)(C)C)C2)CC1.I. The third-order valence-corrected chi connectivity index (χ3v) is 4.08. The first-order valence-corrected chi connectivity index (χ1v) is 9.38. The summed E-state index contributed by atoms with van der Waals surface area (Å²) < 4.78 is 10.7. The largest absolute Gasteiger partial charge is 0.444 e. The number of aliphatic imine (C=N–C) groups is 1. The fraction of sp³-hybridized carbons (Fsp3) is 0.833. The zero-order chi connectivity index (χ0) is 20.4. The zero-order valence-corrected chi connectivity index (χ0v) is 20.1. The molecule has 9 nitrogen and oxygen atoms in total. The minimum atomic E-state index is -0.502. The Hall–Kier alpha value is -1.46. The highest BCUT2D eigenvalue weighted by Crippen LogP contribution is 2.17. The molecule has 2 saturated heterocycles. The van der Waals surface area contributed by atoms with Crippen LogP contribution in [-0.2, 0) is 9.47 Å². The number of likely N-dealkylation sites (tertiary alicyclic amines) is 1. The number of hydrogen-bond donors (Lipinski definition) is 1. The van der Waals surface area contributed by atoms with Crippen molar-refractivity contribution >= 4 is 42.1 Å². The maximum atomic E-state index is 12.1. The molecule has 2 amide bonds. The van der Waals surface area contributed by atoms with E-state index in [1.165, 1.54) is 0 Å². The van der Waals surface area contributed by atoms with Crippen molar-refractivity contribution < 1.29 is 19.1 Å². The van der Waals surface area contributed by atoms with Gasteiger partial charge in [-0.05, 0) is 41.5 Å². The van der Waals surface area contributed by atoms with Gasteiger partial charge in [0.05, 0.1) is 6.04 Å². The Morgan fingerprint density at radius 2 is 1.21 bits per heavy atom. The minimum Gasteiger partial charge on any atom is -0.444 e. The number of nitrogens with two attached hydrogens (primary N) is 1. The van der Waals surface area contributed by atoms with E-state index in [2.05, 4.69) is 4.99 Å². The fourth-order valence-corrected chi connectivity index (χ4v) is 2.73. The lowest BCUT2D eigenvalue weighted by molar-refractivity contribution is 0.00892. The Bertz CT molecular complexity index is 586. The van der Waals surface area contributed by atoms with Crippen LogP contribution >= 0.6 is 24.0 Å². The van der Waals surface area contributed by atoms with E-state index in [-0.39, 0.29) is 42.2 Å². The van der Waals surface area contributed by atoms with Gasteiger partial charge >= 0.3 is 12.2 Å². The molecule has 0 saturated carbocycles. The van der Waals surface area contributed by atoms with Gasteiger partial charge in [0, 0.05) is 39.3 Å². The number of piperazine rings is 1. The van der Waals surface area contributed by atoms with Gasteiger partial charge in [0.1, 0.15) is 11.2 Å². The third kappa shape index (κ3) is 7.51. The lowest BCUT2D eigenvalue weighted by atomic mass is 10.1. The summed E-state index contributed by atoms with van der Waals surface area (Å²) in [5.41, 5.74) is 5.11. The number of guanidine groups is 1. The average Bonchev–Trinajstić information content (AvgIpc) is 2.46. The second-order valence-electron chi connectivity index (χ2n) is 8.98. The van der Waals surface area contributed by atoms with Crippen LogP contribution in [0.1, 0.15) is 41.5 Å². The summed E-state index contributed by atoms with van der Waals surface area (Å²) >= 11 is 0.